The zero-order chi connectivity index (χ0) is 17.5. The largest absolute Gasteiger partial charge is 0.326 e. The lowest BCUT2D eigenvalue weighted by atomic mass is 9.98. The molecule has 1 aliphatic rings. The molecule has 3 rings (SSSR count). The van der Waals surface area contributed by atoms with Crippen LogP contribution in [-0.4, -0.2) is 40.3 Å². The summed E-state index contributed by atoms with van der Waals surface area (Å²) in [5.41, 5.74) is 1.08. The summed E-state index contributed by atoms with van der Waals surface area (Å²) in [7, 11) is 0. The maximum Gasteiger partial charge on any atom is 0.326 e. The van der Waals surface area contributed by atoms with Crippen molar-refractivity contribution in [1.29, 1.82) is 0 Å². The lowest BCUT2D eigenvalue weighted by Gasteiger charge is -2.29. The zero-order valence-corrected chi connectivity index (χ0v) is 13.9. The van der Waals surface area contributed by atoms with Crippen molar-refractivity contribution in [3.05, 3.63) is 48.3 Å². The average molecular weight is 339 g/mol. The summed E-state index contributed by atoms with van der Waals surface area (Å²) in [6.45, 7) is 2.61. The normalized spacial score (nSPS) is 15.5. The summed E-state index contributed by atoms with van der Waals surface area (Å²) in [4.78, 5) is 33.4. The number of aldehydes is 1. The van der Waals surface area contributed by atoms with Gasteiger partial charge in [0.05, 0.1) is 0 Å². The van der Waals surface area contributed by atoms with Crippen LogP contribution in [0.5, 0.6) is 0 Å². The average Bonchev–Trinajstić information content (AvgIpc) is 2.63. The zero-order valence-electron chi connectivity index (χ0n) is 13.9. The second-order valence-corrected chi connectivity index (χ2v) is 6.09. The summed E-state index contributed by atoms with van der Waals surface area (Å²) >= 11 is 0. The molecule has 1 saturated heterocycles. The quantitative estimate of drug-likeness (QED) is 0.818. The predicted octanol–water partition coefficient (Wildman–Crippen LogP) is 2.53. The fourth-order valence-electron chi connectivity index (χ4n) is 2.85. The van der Waals surface area contributed by atoms with Crippen molar-refractivity contribution in [1.82, 2.24) is 14.9 Å². The number of carbonyl (C=O) groups excluding carboxylic acids is 2. The van der Waals surface area contributed by atoms with Gasteiger partial charge in [-0.1, -0.05) is 6.07 Å². The first-order valence-corrected chi connectivity index (χ1v) is 8.34. The lowest BCUT2D eigenvalue weighted by molar-refractivity contribution is -0.112. The number of aromatic nitrogens is 2. The molecule has 0 radical (unpaired) electrons. The first kappa shape index (κ1) is 17.0. The first-order chi connectivity index (χ1) is 12.2. The van der Waals surface area contributed by atoms with Crippen LogP contribution in [-0.2, 0) is 11.3 Å². The van der Waals surface area contributed by atoms with Crippen molar-refractivity contribution in [2.75, 3.05) is 23.7 Å². The second-order valence-electron chi connectivity index (χ2n) is 6.09. The number of amides is 2. The van der Waals surface area contributed by atoms with Gasteiger partial charge in [-0.05, 0) is 55.8 Å². The SMILES string of the molecule is O=CC1CCN(Cc2ccnc(NC(=O)Nc3ccccn3)c2)CC1. The molecule has 2 N–H and O–H groups in total. The highest BCUT2D eigenvalue weighted by atomic mass is 16.2. The van der Waals surface area contributed by atoms with E-state index < -0.39 is 0 Å². The molecular weight excluding hydrogens is 318 g/mol. The molecule has 2 aromatic heterocycles. The summed E-state index contributed by atoms with van der Waals surface area (Å²) in [6.07, 6.45) is 6.18. The maximum absolute atomic E-state index is 12.0. The fraction of sp³-hybridized carbons (Fsp3) is 0.333. The van der Waals surface area contributed by atoms with Crippen LogP contribution in [0.3, 0.4) is 0 Å². The van der Waals surface area contributed by atoms with Crippen LogP contribution in [0.15, 0.2) is 42.7 Å². The molecule has 2 amide bonds. The van der Waals surface area contributed by atoms with Gasteiger partial charge in [0.1, 0.15) is 17.9 Å². The van der Waals surface area contributed by atoms with Gasteiger partial charge < -0.3 is 4.79 Å². The van der Waals surface area contributed by atoms with Gasteiger partial charge in [-0.3, -0.25) is 15.5 Å². The number of anilines is 2. The lowest BCUT2D eigenvalue weighted by Crippen LogP contribution is -2.33. The third-order valence-electron chi connectivity index (χ3n) is 4.20. The smallest absolute Gasteiger partial charge is 0.303 e. The number of nitrogens with one attached hydrogen (secondary N) is 2. The number of hydrogen-bond acceptors (Lipinski definition) is 5. The minimum atomic E-state index is -0.379. The minimum Gasteiger partial charge on any atom is -0.303 e. The van der Waals surface area contributed by atoms with Crippen LogP contribution in [0.4, 0.5) is 16.4 Å². The summed E-state index contributed by atoms with van der Waals surface area (Å²) in [5, 5.41) is 5.38. The molecule has 7 heteroatoms. The molecule has 1 fully saturated rings. The second kappa shape index (κ2) is 8.34. The Balaban J connectivity index is 1.54. The van der Waals surface area contributed by atoms with Crippen LogP contribution in [0, 0.1) is 5.92 Å². The van der Waals surface area contributed by atoms with Crippen molar-refractivity contribution in [3.8, 4) is 0 Å². The topological polar surface area (TPSA) is 87.2 Å². The van der Waals surface area contributed by atoms with Gasteiger partial charge in [-0.2, -0.15) is 0 Å². The van der Waals surface area contributed by atoms with Crippen LogP contribution >= 0.6 is 0 Å². The van der Waals surface area contributed by atoms with E-state index in [2.05, 4.69) is 25.5 Å². The first-order valence-electron chi connectivity index (χ1n) is 8.34. The van der Waals surface area contributed by atoms with Crippen LogP contribution in [0.1, 0.15) is 18.4 Å². The van der Waals surface area contributed by atoms with E-state index in [0.717, 1.165) is 44.3 Å². The highest BCUT2D eigenvalue weighted by Gasteiger charge is 2.18. The monoisotopic (exact) mass is 339 g/mol. The van der Waals surface area contributed by atoms with Gasteiger partial charge in [-0.25, -0.2) is 14.8 Å². The molecule has 0 unspecified atom stereocenters. The molecule has 7 nitrogen and oxygen atoms in total. The molecule has 25 heavy (non-hydrogen) atoms. The number of likely N-dealkylation sites (tertiary alicyclic amines) is 1. The van der Waals surface area contributed by atoms with Crippen LogP contribution in [0.25, 0.3) is 0 Å². The van der Waals surface area contributed by atoms with Gasteiger partial charge in [0, 0.05) is 24.9 Å². The fourth-order valence-corrected chi connectivity index (χ4v) is 2.85. The Morgan fingerprint density at radius 2 is 1.88 bits per heavy atom. The van der Waals surface area contributed by atoms with Gasteiger partial charge in [0.15, 0.2) is 0 Å². The molecule has 0 saturated carbocycles. The molecule has 0 atom stereocenters. The Morgan fingerprint density at radius 1 is 1.12 bits per heavy atom. The van der Waals surface area contributed by atoms with Crippen molar-refractivity contribution in [3.63, 3.8) is 0 Å². The molecule has 0 aromatic carbocycles. The molecule has 3 heterocycles. The number of pyridine rings is 2. The maximum atomic E-state index is 12.0. The van der Waals surface area contributed by atoms with Gasteiger partial charge >= 0.3 is 6.03 Å². The third-order valence-corrected chi connectivity index (χ3v) is 4.20. The van der Waals surface area contributed by atoms with E-state index in [4.69, 9.17) is 0 Å². The van der Waals surface area contributed by atoms with Crippen molar-refractivity contribution < 1.29 is 9.59 Å². The van der Waals surface area contributed by atoms with Crippen LogP contribution in [0.2, 0.25) is 0 Å². The highest BCUT2D eigenvalue weighted by molar-refractivity contribution is 5.98. The van der Waals surface area contributed by atoms with E-state index in [1.54, 1.807) is 30.6 Å². The molecule has 130 valence electrons. The Bertz CT molecular complexity index is 714. The highest BCUT2D eigenvalue weighted by Crippen LogP contribution is 2.18. The number of piperidine rings is 1. The molecule has 0 aliphatic carbocycles. The number of nitrogens with zero attached hydrogens (tertiary/aromatic N) is 3. The van der Waals surface area contributed by atoms with Crippen molar-refractivity contribution in [2.24, 2.45) is 5.92 Å². The van der Waals surface area contributed by atoms with Crippen molar-refractivity contribution in [2.45, 2.75) is 19.4 Å². The van der Waals surface area contributed by atoms with E-state index in [1.165, 1.54) is 0 Å². The van der Waals surface area contributed by atoms with E-state index in [1.807, 2.05) is 12.1 Å². The number of urea groups is 1. The van der Waals surface area contributed by atoms with Gasteiger partial charge in [0.2, 0.25) is 0 Å². The Morgan fingerprint density at radius 3 is 2.60 bits per heavy atom. The minimum absolute atomic E-state index is 0.196. The Kier molecular flexibility index (Phi) is 5.69. The van der Waals surface area contributed by atoms with E-state index in [9.17, 15) is 9.59 Å². The Labute approximate surface area is 146 Å². The van der Waals surface area contributed by atoms with E-state index in [-0.39, 0.29) is 11.9 Å². The number of hydrogen-bond donors (Lipinski definition) is 2. The standard InChI is InChI=1S/C18H21N5O2/c24-13-14-5-9-23(10-6-14)12-15-4-8-20-17(11-15)22-18(25)21-16-3-1-2-7-19-16/h1-4,7-8,11,13-14H,5-6,9-10,12H2,(H2,19,20,21,22,25). The summed E-state index contributed by atoms with van der Waals surface area (Å²) in [5.74, 6) is 1.17. The van der Waals surface area contributed by atoms with Gasteiger partial charge in [-0.15, -0.1) is 0 Å². The molecule has 0 spiro atoms. The molecule has 0 bridgehead atoms. The van der Waals surface area contributed by atoms with Crippen LogP contribution < -0.4 is 10.6 Å². The Hall–Kier alpha value is -2.80. The molecule has 2 aromatic rings. The molecule has 1 aliphatic heterocycles. The number of rotatable bonds is 5. The number of carbonyl (C=O) groups is 2. The molecular formula is C18H21N5O2. The van der Waals surface area contributed by atoms with E-state index >= 15 is 0 Å². The van der Waals surface area contributed by atoms with Crippen molar-refractivity contribution >= 4 is 24.0 Å². The van der Waals surface area contributed by atoms with E-state index in [0.29, 0.717) is 11.6 Å². The van der Waals surface area contributed by atoms with Gasteiger partial charge in [0.25, 0.3) is 0 Å². The summed E-state index contributed by atoms with van der Waals surface area (Å²) in [6, 6.07) is 8.72. The summed E-state index contributed by atoms with van der Waals surface area (Å²) < 4.78 is 0. The predicted molar refractivity (Wildman–Crippen MR) is 95.2 cm³/mol. The third kappa shape index (κ3) is 5.09.